The summed E-state index contributed by atoms with van der Waals surface area (Å²) < 4.78 is 5.65. The average Bonchev–Trinajstić information content (AvgIpc) is 2.40. The molecule has 0 bridgehead atoms. The fraction of sp³-hybridized carbons (Fsp3) is 0.571. The molecule has 6 nitrogen and oxygen atoms in total. The van der Waals surface area contributed by atoms with Crippen molar-refractivity contribution >= 4 is 5.69 Å². The van der Waals surface area contributed by atoms with Crippen LogP contribution in [0.15, 0.2) is 18.2 Å². The molecule has 1 aliphatic rings. The molecule has 0 spiro atoms. The normalized spacial score (nSPS) is 20.0. The molecule has 1 aromatic rings. The van der Waals surface area contributed by atoms with E-state index >= 15 is 0 Å². The van der Waals surface area contributed by atoms with E-state index in [4.69, 9.17) is 4.74 Å². The second-order valence-corrected chi connectivity index (χ2v) is 5.26. The fourth-order valence-electron chi connectivity index (χ4n) is 2.33. The Bertz CT molecular complexity index is 479. The first kappa shape index (κ1) is 14.9. The molecule has 1 unspecified atom stereocenters. The third kappa shape index (κ3) is 4.00. The van der Waals surface area contributed by atoms with Gasteiger partial charge in [-0.05, 0) is 19.5 Å². The lowest BCUT2D eigenvalue weighted by Crippen LogP contribution is -2.44. The van der Waals surface area contributed by atoms with Crippen LogP contribution in [0.5, 0.6) is 0 Å². The average molecular weight is 279 g/mol. The molecule has 1 aliphatic heterocycles. The predicted molar refractivity (Wildman–Crippen MR) is 76.8 cm³/mol. The standard InChI is InChI=1S/C14H21N3O3/c1-11-3-4-12(7-14(11)17(18)19)8-15-9-13-10-16(2)5-6-20-13/h3-4,7,13,15H,5-6,8-10H2,1-2H3. The van der Waals surface area contributed by atoms with E-state index < -0.39 is 0 Å². The number of hydrogen-bond acceptors (Lipinski definition) is 5. The number of likely N-dealkylation sites (N-methyl/N-ethyl adjacent to an activating group) is 1. The van der Waals surface area contributed by atoms with E-state index in [9.17, 15) is 10.1 Å². The van der Waals surface area contributed by atoms with E-state index in [1.165, 1.54) is 0 Å². The van der Waals surface area contributed by atoms with Gasteiger partial charge in [0.15, 0.2) is 0 Å². The van der Waals surface area contributed by atoms with E-state index in [2.05, 4.69) is 17.3 Å². The lowest BCUT2D eigenvalue weighted by atomic mass is 10.1. The van der Waals surface area contributed by atoms with Crippen LogP contribution in [-0.2, 0) is 11.3 Å². The number of hydrogen-bond donors (Lipinski definition) is 1. The third-order valence-corrected chi connectivity index (χ3v) is 3.51. The van der Waals surface area contributed by atoms with Gasteiger partial charge in [-0.25, -0.2) is 0 Å². The number of nitro groups is 1. The molecule has 6 heteroatoms. The molecule has 20 heavy (non-hydrogen) atoms. The van der Waals surface area contributed by atoms with Gasteiger partial charge in [-0.15, -0.1) is 0 Å². The molecule has 0 saturated carbocycles. The molecular formula is C14H21N3O3. The molecule has 0 amide bonds. The van der Waals surface area contributed by atoms with Crippen LogP contribution in [-0.4, -0.2) is 49.2 Å². The summed E-state index contributed by atoms with van der Waals surface area (Å²) in [5, 5.41) is 14.2. The Hall–Kier alpha value is -1.50. The first-order valence-corrected chi connectivity index (χ1v) is 6.81. The molecule has 0 aromatic heterocycles. The number of nitrogens with zero attached hydrogens (tertiary/aromatic N) is 2. The minimum atomic E-state index is -0.335. The monoisotopic (exact) mass is 279 g/mol. The quantitative estimate of drug-likeness (QED) is 0.650. The number of rotatable bonds is 5. The van der Waals surface area contributed by atoms with Crippen LogP contribution in [0.1, 0.15) is 11.1 Å². The summed E-state index contributed by atoms with van der Waals surface area (Å²) in [5.74, 6) is 0. The molecule has 0 radical (unpaired) electrons. The number of nitro benzene ring substituents is 1. The fourth-order valence-corrected chi connectivity index (χ4v) is 2.33. The lowest BCUT2D eigenvalue weighted by molar-refractivity contribution is -0.385. The number of aryl methyl sites for hydroxylation is 1. The molecule has 0 aliphatic carbocycles. The van der Waals surface area contributed by atoms with Crippen molar-refractivity contribution in [2.45, 2.75) is 19.6 Å². The Balaban J connectivity index is 1.85. The van der Waals surface area contributed by atoms with Crippen molar-refractivity contribution in [1.82, 2.24) is 10.2 Å². The number of ether oxygens (including phenoxy) is 1. The van der Waals surface area contributed by atoms with Gasteiger partial charge in [0, 0.05) is 37.8 Å². The van der Waals surface area contributed by atoms with Crippen molar-refractivity contribution in [1.29, 1.82) is 0 Å². The van der Waals surface area contributed by atoms with Crippen LogP contribution in [0.2, 0.25) is 0 Å². The maximum atomic E-state index is 10.9. The minimum Gasteiger partial charge on any atom is -0.374 e. The van der Waals surface area contributed by atoms with Crippen molar-refractivity contribution in [2.75, 3.05) is 33.3 Å². The van der Waals surface area contributed by atoms with E-state index in [0.29, 0.717) is 12.1 Å². The Morgan fingerprint density at radius 2 is 2.35 bits per heavy atom. The van der Waals surface area contributed by atoms with Crippen LogP contribution >= 0.6 is 0 Å². The van der Waals surface area contributed by atoms with Gasteiger partial charge in [-0.1, -0.05) is 12.1 Å². The lowest BCUT2D eigenvalue weighted by Gasteiger charge is -2.30. The summed E-state index contributed by atoms with van der Waals surface area (Å²) in [4.78, 5) is 12.8. The molecule has 1 atom stereocenters. The van der Waals surface area contributed by atoms with E-state index in [1.807, 2.05) is 6.07 Å². The number of nitrogens with one attached hydrogen (secondary N) is 1. The van der Waals surface area contributed by atoms with Crippen LogP contribution < -0.4 is 5.32 Å². The highest BCUT2D eigenvalue weighted by atomic mass is 16.6. The highest BCUT2D eigenvalue weighted by Crippen LogP contribution is 2.19. The Morgan fingerprint density at radius 1 is 1.55 bits per heavy atom. The molecule has 110 valence electrons. The second-order valence-electron chi connectivity index (χ2n) is 5.26. The van der Waals surface area contributed by atoms with Crippen LogP contribution in [0.4, 0.5) is 5.69 Å². The van der Waals surface area contributed by atoms with Crippen molar-refractivity contribution in [3.63, 3.8) is 0 Å². The maximum Gasteiger partial charge on any atom is 0.272 e. The molecule has 1 fully saturated rings. The zero-order valence-electron chi connectivity index (χ0n) is 12.0. The first-order chi connectivity index (χ1) is 9.56. The van der Waals surface area contributed by atoms with Crippen molar-refractivity contribution in [3.05, 3.63) is 39.4 Å². The summed E-state index contributed by atoms with van der Waals surface area (Å²) in [6.07, 6.45) is 0.189. The number of morpholine rings is 1. The zero-order chi connectivity index (χ0) is 14.5. The summed E-state index contributed by atoms with van der Waals surface area (Å²) in [6.45, 7) is 5.78. The van der Waals surface area contributed by atoms with Crippen LogP contribution in [0, 0.1) is 17.0 Å². The maximum absolute atomic E-state index is 10.9. The van der Waals surface area contributed by atoms with Gasteiger partial charge in [0.05, 0.1) is 17.6 Å². The van der Waals surface area contributed by atoms with Gasteiger partial charge in [-0.2, -0.15) is 0 Å². The molecule has 1 saturated heterocycles. The predicted octanol–water partition coefficient (Wildman–Crippen LogP) is 1.32. The number of benzene rings is 1. The molecule has 2 rings (SSSR count). The summed E-state index contributed by atoms with van der Waals surface area (Å²) >= 11 is 0. The molecular weight excluding hydrogens is 258 g/mol. The largest absolute Gasteiger partial charge is 0.374 e. The summed E-state index contributed by atoms with van der Waals surface area (Å²) in [5.41, 5.74) is 1.79. The van der Waals surface area contributed by atoms with E-state index in [1.54, 1.807) is 19.1 Å². The SMILES string of the molecule is Cc1ccc(CNCC2CN(C)CCO2)cc1[N+](=O)[O-]. The van der Waals surface area contributed by atoms with Gasteiger partial charge < -0.3 is 15.0 Å². The Morgan fingerprint density at radius 3 is 3.05 bits per heavy atom. The van der Waals surface area contributed by atoms with Gasteiger partial charge in [-0.3, -0.25) is 10.1 Å². The van der Waals surface area contributed by atoms with Gasteiger partial charge in [0.2, 0.25) is 0 Å². The summed E-state index contributed by atoms with van der Waals surface area (Å²) in [6, 6.07) is 5.35. The topological polar surface area (TPSA) is 67.6 Å². The molecule has 1 N–H and O–H groups in total. The van der Waals surface area contributed by atoms with Gasteiger partial charge in [0.1, 0.15) is 0 Å². The highest BCUT2D eigenvalue weighted by molar-refractivity contribution is 5.42. The van der Waals surface area contributed by atoms with Crippen molar-refractivity contribution in [2.24, 2.45) is 0 Å². The Labute approximate surface area is 118 Å². The molecule has 1 aromatic carbocycles. The summed E-state index contributed by atoms with van der Waals surface area (Å²) in [7, 11) is 2.08. The van der Waals surface area contributed by atoms with E-state index in [0.717, 1.165) is 31.8 Å². The van der Waals surface area contributed by atoms with Crippen molar-refractivity contribution < 1.29 is 9.66 Å². The van der Waals surface area contributed by atoms with Crippen LogP contribution in [0.25, 0.3) is 0 Å². The Kier molecular flexibility index (Phi) is 5.05. The van der Waals surface area contributed by atoms with Crippen LogP contribution in [0.3, 0.4) is 0 Å². The zero-order valence-corrected chi connectivity index (χ0v) is 12.0. The van der Waals surface area contributed by atoms with E-state index in [-0.39, 0.29) is 16.7 Å². The first-order valence-electron chi connectivity index (χ1n) is 6.81. The van der Waals surface area contributed by atoms with Crippen molar-refractivity contribution in [3.8, 4) is 0 Å². The smallest absolute Gasteiger partial charge is 0.272 e. The second kappa shape index (κ2) is 6.78. The third-order valence-electron chi connectivity index (χ3n) is 3.51. The van der Waals surface area contributed by atoms with Gasteiger partial charge >= 0.3 is 0 Å². The van der Waals surface area contributed by atoms with Gasteiger partial charge in [0.25, 0.3) is 5.69 Å². The highest BCUT2D eigenvalue weighted by Gasteiger charge is 2.17. The molecule has 1 heterocycles. The minimum absolute atomic E-state index is 0.179.